The van der Waals surface area contributed by atoms with Gasteiger partial charge in [0.05, 0.1) is 12.2 Å². The highest BCUT2D eigenvalue weighted by molar-refractivity contribution is 9.10. The summed E-state index contributed by atoms with van der Waals surface area (Å²) < 4.78 is 0.873. The molecule has 0 aromatic heterocycles. The molecule has 0 unspecified atom stereocenters. The quantitative estimate of drug-likeness (QED) is 0.785. The van der Waals surface area contributed by atoms with Crippen LogP contribution >= 0.6 is 15.9 Å². The van der Waals surface area contributed by atoms with Crippen LogP contribution < -0.4 is 5.32 Å². The van der Waals surface area contributed by atoms with E-state index in [4.69, 9.17) is 0 Å². The molecule has 0 fully saturated rings. The number of nitrogens with zero attached hydrogens (tertiary/aromatic N) is 1. The number of rotatable bonds is 7. The number of hydrogen-bond acceptors (Lipinski definition) is 2. The van der Waals surface area contributed by atoms with Gasteiger partial charge in [-0.3, -0.25) is 9.69 Å². The highest BCUT2D eigenvalue weighted by Gasteiger charge is 2.09. The Kier molecular flexibility index (Phi) is 6.39. The Balaban J connectivity index is 2.57. The molecule has 3 nitrogen and oxygen atoms in total. The normalized spacial score (nSPS) is 10.1. The Morgan fingerprint density at radius 2 is 1.89 bits per heavy atom. The van der Waals surface area contributed by atoms with Crippen molar-refractivity contribution < 1.29 is 4.79 Å². The van der Waals surface area contributed by atoms with E-state index in [-0.39, 0.29) is 5.91 Å². The molecule has 96 valence electrons. The molecule has 1 N–H and O–H groups in total. The number of para-hydroxylation sites is 1. The fraction of sp³-hybridized carbons (Fsp3) is 0.214. The smallest absolute Gasteiger partial charge is 0.238 e. The molecule has 0 spiro atoms. The van der Waals surface area contributed by atoms with Crippen LogP contribution in [0.1, 0.15) is 0 Å². The lowest BCUT2D eigenvalue weighted by atomic mass is 10.3. The van der Waals surface area contributed by atoms with Crippen LogP contribution in [-0.4, -0.2) is 30.4 Å². The van der Waals surface area contributed by atoms with Crippen LogP contribution in [0.4, 0.5) is 5.69 Å². The predicted molar refractivity (Wildman–Crippen MR) is 79.6 cm³/mol. The van der Waals surface area contributed by atoms with Gasteiger partial charge in [-0.2, -0.15) is 0 Å². The van der Waals surface area contributed by atoms with Crippen molar-refractivity contribution >= 4 is 27.5 Å². The van der Waals surface area contributed by atoms with Gasteiger partial charge in [-0.25, -0.2) is 0 Å². The zero-order chi connectivity index (χ0) is 13.4. The molecule has 0 radical (unpaired) electrons. The second-order valence-electron chi connectivity index (χ2n) is 3.80. The number of nitrogens with one attached hydrogen (secondary N) is 1. The topological polar surface area (TPSA) is 32.3 Å². The number of halogens is 1. The van der Waals surface area contributed by atoms with Crippen molar-refractivity contribution in [1.82, 2.24) is 4.90 Å². The van der Waals surface area contributed by atoms with Gasteiger partial charge in [-0.15, -0.1) is 13.2 Å². The molecule has 0 atom stereocenters. The third-order valence-electron chi connectivity index (χ3n) is 2.29. The largest absolute Gasteiger partial charge is 0.324 e. The third-order valence-corrected chi connectivity index (χ3v) is 2.98. The van der Waals surface area contributed by atoms with Crippen molar-refractivity contribution in [2.75, 3.05) is 25.0 Å². The summed E-state index contributed by atoms with van der Waals surface area (Å²) in [5.74, 6) is -0.0504. The summed E-state index contributed by atoms with van der Waals surface area (Å²) in [5, 5.41) is 2.86. The number of carbonyl (C=O) groups excluding carboxylic acids is 1. The molecule has 18 heavy (non-hydrogen) atoms. The number of hydrogen-bond donors (Lipinski definition) is 1. The number of amides is 1. The van der Waals surface area contributed by atoms with Gasteiger partial charge in [0.25, 0.3) is 0 Å². The fourth-order valence-electron chi connectivity index (χ4n) is 1.52. The van der Waals surface area contributed by atoms with Crippen LogP contribution in [0.15, 0.2) is 54.0 Å². The SMILES string of the molecule is C=CCN(CC=C)CC(=O)Nc1ccccc1Br. The summed E-state index contributed by atoms with van der Waals surface area (Å²) in [7, 11) is 0. The van der Waals surface area contributed by atoms with Crippen molar-refractivity contribution in [1.29, 1.82) is 0 Å². The molecule has 0 heterocycles. The second-order valence-corrected chi connectivity index (χ2v) is 4.65. The van der Waals surface area contributed by atoms with Crippen molar-refractivity contribution in [2.45, 2.75) is 0 Å². The third kappa shape index (κ3) is 4.85. The summed E-state index contributed by atoms with van der Waals surface area (Å²) in [6.45, 7) is 8.99. The van der Waals surface area contributed by atoms with Crippen LogP contribution in [0.2, 0.25) is 0 Å². The Labute approximate surface area is 116 Å². The highest BCUT2D eigenvalue weighted by atomic mass is 79.9. The van der Waals surface area contributed by atoms with Crippen LogP contribution in [-0.2, 0) is 4.79 Å². The Morgan fingerprint density at radius 3 is 2.44 bits per heavy atom. The van der Waals surface area contributed by atoms with Crippen LogP contribution in [0, 0.1) is 0 Å². The highest BCUT2D eigenvalue weighted by Crippen LogP contribution is 2.20. The van der Waals surface area contributed by atoms with Gasteiger partial charge < -0.3 is 5.32 Å². The molecule has 0 saturated heterocycles. The monoisotopic (exact) mass is 308 g/mol. The molecule has 4 heteroatoms. The Bertz CT molecular complexity index is 422. The Hall–Kier alpha value is -1.39. The molecule has 0 aliphatic carbocycles. The van der Waals surface area contributed by atoms with Gasteiger partial charge in [0.15, 0.2) is 0 Å². The lowest BCUT2D eigenvalue weighted by Crippen LogP contribution is -2.33. The van der Waals surface area contributed by atoms with Crippen molar-refractivity contribution in [2.24, 2.45) is 0 Å². The number of benzene rings is 1. The lowest BCUT2D eigenvalue weighted by Gasteiger charge is -2.18. The summed E-state index contributed by atoms with van der Waals surface area (Å²) in [6.07, 6.45) is 3.55. The number of anilines is 1. The molecule has 0 saturated carbocycles. The van der Waals surface area contributed by atoms with E-state index in [2.05, 4.69) is 34.4 Å². The summed E-state index contributed by atoms with van der Waals surface area (Å²) >= 11 is 3.39. The molecule has 0 aliphatic heterocycles. The molecule has 1 aromatic carbocycles. The zero-order valence-corrected chi connectivity index (χ0v) is 11.8. The molecule has 0 bridgehead atoms. The molecule has 1 rings (SSSR count). The Morgan fingerprint density at radius 1 is 1.28 bits per heavy atom. The van der Waals surface area contributed by atoms with Crippen LogP contribution in [0.3, 0.4) is 0 Å². The maximum Gasteiger partial charge on any atom is 0.238 e. The van der Waals surface area contributed by atoms with Crippen molar-refractivity contribution in [3.63, 3.8) is 0 Å². The van der Waals surface area contributed by atoms with E-state index < -0.39 is 0 Å². The molecular formula is C14H17BrN2O. The molecule has 0 aliphatic rings. The first-order valence-corrected chi connectivity index (χ1v) is 6.45. The zero-order valence-electron chi connectivity index (χ0n) is 10.2. The fourth-order valence-corrected chi connectivity index (χ4v) is 1.91. The average Bonchev–Trinajstić information content (AvgIpc) is 2.33. The van der Waals surface area contributed by atoms with Crippen LogP contribution in [0.5, 0.6) is 0 Å². The standard InChI is InChI=1S/C14H17BrN2O/c1-3-9-17(10-4-2)11-14(18)16-13-8-6-5-7-12(13)15/h3-8H,1-2,9-11H2,(H,16,18). The predicted octanol–water partition coefficient (Wildman–Crippen LogP) is 3.06. The summed E-state index contributed by atoms with van der Waals surface area (Å²) in [6, 6.07) is 7.53. The average molecular weight is 309 g/mol. The molecule has 1 amide bonds. The van der Waals surface area contributed by atoms with Gasteiger partial charge in [-0.05, 0) is 28.1 Å². The van der Waals surface area contributed by atoms with E-state index in [9.17, 15) is 4.79 Å². The van der Waals surface area contributed by atoms with Gasteiger partial charge in [-0.1, -0.05) is 24.3 Å². The maximum atomic E-state index is 11.9. The van der Waals surface area contributed by atoms with Gasteiger partial charge >= 0.3 is 0 Å². The van der Waals surface area contributed by atoms with Gasteiger partial charge in [0.1, 0.15) is 0 Å². The summed E-state index contributed by atoms with van der Waals surface area (Å²) in [4.78, 5) is 13.8. The first kappa shape index (κ1) is 14.7. The minimum atomic E-state index is -0.0504. The van der Waals surface area contributed by atoms with E-state index in [1.165, 1.54) is 0 Å². The minimum Gasteiger partial charge on any atom is -0.324 e. The van der Waals surface area contributed by atoms with Gasteiger partial charge in [0.2, 0.25) is 5.91 Å². The number of carbonyl (C=O) groups is 1. The first-order valence-electron chi connectivity index (χ1n) is 5.66. The van der Waals surface area contributed by atoms with E-state index in [1.54, 1.807) is 12.2 Å². The minimum absolute atomic E-state index is 0.0504. The summed E-state index contributed by atoms with van der Waals surface area (Å²) in [5.41, 5.74) is 0.777. The van der Waals surface area contributed by atoms with E-state index in [0.29, 0.717) is 19.6 Å². The molecule has 1 aromatic rings. The van der Waals surface area contributed by atoms with Crippen LogP contribution in [0.25, 0.3) is 0 Å². The second kappa shape index (κ2) is 7.84. The maximum absolute atomic E-state index is 11.9. The van der Waals surface area contributed by atoms with Crippen molar-refractivity contribution in [3.8, 4) is 0 Å². The van der Waals surface area contributed by atoms with E-state index in [0.717, 1.165) is 10.2 Å². The van der Waals surface area contributed by atoms with E-state index in [1.807, 2.05) is 29.2 Å². The van der Waals surface area contributed by atoms with E-state index >= 15 is 0 Å². The van der Waals surface area contributed by atoms with Crippen molar-refractivity contribution in [3.05, 3.63) is 54.0 Å². The molecular weight excluding hydrogens is 292 g/mol. The van der Waals surface area contributed by atoms with Gasteiger partial charge in [0, 0.05) is 17.6 Å². The first-order chi connectivity index (χ1) is 8.67. The lowest BCUT2D eigenvalue weighted by molar-refractivity contribution is -0.117.